The number of rotatable bonds is 11. The standard InChI is InChI=1S/C27H24O18/c28-7-17(35)24(42)26(44,22(40)9-3-13(31)20(38)14(32)4-9)27(45,23(41)10-5-15(33)21(39)16(34)6-10)25(43)18(36)8-1-11(29)19(37)12(30)2-8/h1-6,17,24,28-35,37-39,42,44-45H,7H2/t17-,24-,26+,27?/m1/s1. The first-order chi connectivity index (χ1) is 20.7. The molecule has 4 atom stereocenters. The number of phenols is 9. The van der Waals surface area contributed by atoms with Crippen LogP contribution < -0.4 is 0 Å². The molecule has 0 spiro atoms. The van der Waals surface area contributed by atoms with E-state index in [0.29, 0.717) is 12.1 Å². The third-order valence-electron chi connectivity index (χ3n) is 6.74. The van der Waals surface area contributed by atoms with Crippen LogP contribution in [0.4, 0.5) is 0 Å². The number of ketones is 4. The quantitative estimate of drug-likeness (QED) is 0.0456. The van der Waals surface area contributed by atoms with Gasteiger partial charge in [-0.2, -0.15) is 0 Å². The molecule has 0 bridgehead atoms. The summed E-state index contributed by atoms with van der Waals surface area (Å²) < 4.78 is 0. The SMILES string of the molecule is O=C(C(=O)C(O)(C(=O)c1cc(O)c(O)c(O)c1)[C@](O)(C(=O)c1cc(O)c(O)c(O)c1)[C@H](O)[C@H](O)CO)c1cc(O)c(O)c(O)c1. The molecule has 3 aromatic carbocycles. The molecule has 240 valence electrons. The molecule has 0 aliphatic heterocycles. The number of carbonyl (C=O) groups is 4. The topological polar surface area (TPSA) is 352 Å². The highest BCUT2D eigenvalue weighted by Crippen LogP contribution is 2.43. The molecule has 18 nitrogen and oxygen atoms in total. The van der Waals surface area contributed by atoms with E-state index in [4.69, 9.17) is 0 Å². The number of phenolic OH excluding ortho intramolecular Hbond substituents is 9. The molecule has 3 rings (SSSR count). The Kier molecular flexibility index (Phi) is 8.86. The van der Waals surface area contributed by atoms with Crippen molar-refractivity contribution < 1.29 is 90.7 Å². The summed E-state index contributed by atoms with van der Waals surface area (Å²) in [5, 5.41) is 142. The Morgan fingerprint density at radius 2 is 0.867 bits per heavy atom. The summed E-state index contributed by atoms with van der Waals surface area (Å²) in [4.78, 5) is 54.8. The van der Waals surface area contributed by atoms with Gasteiger partial charge in [0, 0.05) is 16.7 Å². The average Bonchev–Trinajstić information content (AvgIpc) is 3.00. The van der Waals surface area contributed by atoms with Gasteiger partial charge in [0.05, 0.1) is 6.61 Å². The van der Waals surface area contributed by atoms with Crippen molar-refractivity contribution in [3.63, 3.8) is 0 Å². The molecular weight excluding hydrogens is 612 g/mol. The Balaban J connectivity index is 2.47. The molecule has 14 N–H and O–H groups in total. The largest absolute Gasteiger partial charge is 0.504 e. The van der Waals surface area contributed by atoms with Gasteiger partial charge in [0.1, 0.15) is 12.2 Å². The highest BCUT2D eigenvalue weighted by Gasteiger charge is 2.69. The predicted octanol–water partition coefficient (Wildman–Crippen LogP) is -2.27. The van der Waals surface area contributed by atoms with E-state index in [9.17, 15) is 90.7 Å². The van der Waals surface area contributed by atoms with Crippen molar-refractivity contribution in [3.05, 3.63) is 53.1 Å². The first-order valence-corrected chi connectivity index (χ1v) is 12.1. The van der Waals surface area contributed by atoms with E-state index >= 15 is 0 Å². The highest BCUT2D eigenvalue weighted by atomic mass is 16.4. The van der Waals surface area contributed by atoms with E-state index in [-0.39, 0.29) is 24.3 Å². The van der Waals surface area contributed by atoms with Crippen LogP contribution in [0.25, 0.3) is 0 Å². The fourth-order valence-corrected chi connectivity index (χ4v) is 4.27. The summed E-state index contributed by atoms with van der Waals surface area (Å²) in [6.45, 7) is -1.57. The predicted molar refractivity (Wildman–Crippen MR) is 141 cm³/mol. The second-order valence-electron chi connectivity index (χ2n) is 9.58. The molecular formula is C27H24O18. The van der Waals surface area contributed by atoms with Gasteiger partial charge < -0.3 is 71.5 Å². The molecule has 0 radical (unpaired) electrons. The first kappa shape index (κ1) is 33.8. The number of hydrogen-bond acceptors (Lipinski definition) is 18. The van der Waals surface area contributed by atoms with Crippen molar-refractivity contribution in [3.8, 4) is 51.7 Å². The van der Waals surface area contributed by atoms with Crippen molar-refractivity contribution in [2.24, 2.45) is 0 Å². The Morgan fingerprint density at radius 1 is 0.556 bits per heavy atom. The number of benzene rings is 3. The number of hydrogen-bond donors (Lipinski definition) is 14. The molecule has 18 heteroatoms. The highest BCUT2D eigenvalue weighted by molar-refractivity contribution is 6.52. The van der Waals surface area contributed by atoms with Crippen LogP contribution >= 0.6 is 0 Å². The van der Waals surface area contributed by atoms with E-state index in [1.807, 2.05) is 0 Å². The zero-order chi connectivity index (χ0) is 34.3. The van der Waals surface area contributed by atoms with Crippen LogP contribution in [-0.4, -0.2) is 125 Å². The van der Waals surface area contributed by atoms with Gasteiger partial charge in [-0.25, -0.2) is 0 Å². The fraction of sp³-hybridized carbons (Fsp3) is 0.185. The van der Waals surface area contributed by atoms with Gasteiger partial charge in [-0.3, -0.25) is 19.2 Å². The lowest BCUT2D eigenvalue weighted by atomic mass is 9.66. The van der Waals surface area contributed by atoms with Crippen molar-refractivity contribution in [1.82, 2.24) is 0 Å². The molecule has 0 saturated heterocycles. The van der Waals surface area contributed by atoms with Crippen molar-refractivity contribution in [1.29, 1.82) is 0 Å². The average molecular weight is 636 g/mol. The van der Waals surface area contributed by atoms with Crippen LogP contribution in [-0.2, 0) is 4.79 Å². The normalized spacial score (nSPS) is 15.3. The molecule has 0 fully saturated rings. The van der Waals surface area contributed by atoms with E-state index < -0.39 is 122 Å². The molecule has 0 aromatic heterocycles. The van der Waals surface area contributed by atoms with Crippen LogP contribution in [0.3, 0.4) is 0 Å². The zero-order valence-corrected chi connectivity index (χ0v) is 22.2. The first-order valence-electron chi connectivity index (χ1n) is 12.1. The molecule has 45 heavy (non-hydrogen) atoms. The maximum Gasteiger partial charge on any atom is 0.246 e. The van der Waals surface area contributed by atoms with Crippen LogP contribution in [0.1, 0.15) is 31.1 Å². The summed E-state index contributed by atoms with van der Waals surface area (Å²) in [7, 11) is 0. The molecule has 0 aliphatic carbocycles. The van der Waals surface area contributed by atoms with E-state index in [2.05, 4.69) is 0 Å². The van der Waals surface area contributed by atoms with Gasteiger partial charge in [0.15, 0.2) is 57.3 Å². The van der Waals surface area contributed by atoms with Gasteiger partial charge in [-0.15, -0.1) is 0 Å². The number of Topliss-reactive ketones (excluding diaryl/α,β-unsaturated/α-hetero) is 4. The zero-order valence-electron chi connectivity index (χ0n) is 22.2. The van der Waals surface area contributed by atoms with Crippen molar-refractivity contribution in [2.45, 2.75) is 23.4 Å². The van der Waals surface area contributed by atoms with Crippen molar-refractivity contribution in [2.75, 3.05) is 6.61 Å². The number of aliphatic hydroxyl groups excluding tert-OH is 3. The van der Waals surface area contributed by atoms with E-state index in [0.717, 1.165) is 0 Å². The van der Waals surface area contributed by atoms with E-state index in [1.54, 1.807) is 0 Å². The summed E-state index contributed by atoms with van der Waals surface area (Å²) in [6.07, 6.45) is -6.09. The minimum Gasteiger partial charge on any atom is -0.504 e. The monoisotopic (exact) mass is 636 g/mol. The number of aromatic hydroxyl groups is 9. The Morgan fingerprint density at radius 3 is 1.20 bits per heavy atom. The summed E-state index contributed by atoms with van der Waals surface area (Å²) in [5.41, 5.74) is -12.9. The van der Waals surface area contributed by atoms with E-state index in [1.165, 1.54) is 0 Å². The smallest absolute Gasteiger partial charge is 0.246 e. The maximum absolute atomic E-state index is 13.9. The third-order valence-corrected chi connectivity index (χ3v) is 6.74. The lowest BCUT2D eigenvalue weighted by Crippen LogP contribution is -2.75. The summed E-state index contributed by atoms with van der Waals surface area (Å²) >= 11 is 0. The van der Waals surface area contributed by atoms with Gasteiger partial charge >= 0.3 is 0 Å². The molecule has 0 heterocycles. The maximum atomic E-state index is 13.9. The summed E-state index contributed by atoms with van der Waals surface area (Å²) in [6, 6.07) is 1.66. The Hall–Kier alpha value is -5.66. The molecule has 3 aromatic rings. The lowest BCUT2D eigenvalue weighted by molar-refractivity contribution is -0.185. The molecule has 1 unspecified atom stereocenters. The van der Waals surface area contributed by atoms with Crippen LogP contribution in [0, 0.1) is 0 Å². The molecule has 0 saturated carbocycles. The second kappa shape index (κ2) is 11.8. The summed E-state index contributed by atoms with van der Waals surface area (Å²) in [5.74, 6) is -20.8. The van der Waals surface area contributed by atoms with Crippen molar-refractivity contribution >= 4 is 23.1 Å². The second-order valence-corrected chi connectivity index (χ2v) is 9.58. The van der Waals surface area contributed by atoms with Gasteiger partial charge in [-0.05, 0) is 36.4 Å². The van der Waals surface area contributed by atoms with Gasteiger partial charge in [0.2, 0.25) is 28.7 Å². The number of aliphatic hydroxyl groups is 5. The fourth-order valence-electron chi connectivity index (χ4n) is 4.27. The molecule has 0 aliphatic rings. The lowest BCUT2D eigenvalue weighted by Gasteiger charge is -2.43. The van der Waals surface area contributed by atoms with Gasteiger partial charge in [0.25, 0.3) is 0 Å². The number of carbonyl (C=O) groups excluding carboxylic acids is 4. The Bertz CT molecular complexity index is 1660. The van der Waals surface area contributed by atoms with Crippen LogP contribution in [0.15, 0.2) is 36.4 Å². The van der Waals surface area contributed by atoms with Crippen LogP contribution in [0.5, 0.6) is 51.7 Å². The minimum atomic E-state index is -4.72. The van der Waals surface area contributed by atoms with Gasteiger partial charge in [-0.1, -0.05) is 0 Å². The third kappa shape index (κ3) is 5.34. The Labute approximate surface area is 249 Å². The molecule has 0 amide bonds. The van der Waals surface area contributed by atoms with Crippen LogP contribution in [0.2, 0.25) is 0 Å². The minimum absolute atomic E-state index is 0.246.